The van der Waals surface area contributed by atoms with Gasteiger partial charge in [0.2, 0.25) is 0 Å². The fourth-order valence-electron chi connectivity index (χ4n) is 2.22. The standard InChI is InChI=1S/C12H18ClN3/c1-9-8-16(2)6-5-11(9)15-12-4-3-10(13)7-14-12/h3-4,7,9,11H,5-6,8H2,1-2H3,(H,14,15). The molecule has 0 bridgehead atoms. The Kier molecular flexibility index (Phi) is 3.66. The summed E-state index contributed by atoms with van der Waals surface area (Å²) in [6, 6.07) is 4.33. The van der Waals surface area contributed by atoms with Gasteiger partial charge in [-0.2, -0.15) is 0 Å². The second kappa shape index (κ2) is 5.02. The van der Waals surface area contributed by atoms with Crippen LogP contribution < -0.4 is 5.32 Å². The molecule has 0 aliphatic carbocycles. The first-order valence-corrected chi connectivity index (χ1v) is 6.09. The topological polar surface area (TPSA) is 28.2 Å². The van der Waals surface area contributed by atoms with Gasteiger partial charge in [-0.05, 0) is 38.1 Å². The lowest BCUT2D eigenvalue weighted by molar-refractivity contribution is 0.206. The molecule has 2 rings (SSSR count). The zero-order valence-electron chi connectivity index (χ0n) is 9.78. The molecule has 1 aromatic heterocycles. The second-order valence-electron chi connectivity index (χ2n) is 4.64. The van der Waals surface area contributed by atoms with E-state index in [9.17, 15) is 0 Å². The molecule has 0 saturated carbocycles. The summed E-state index contributed by atoms with van der Waals surface area (Å²) in [6.07, 6.45) is 2.85. The highest BCUT2D eigenvalue weighted by atomic mass is 35.5. The fourth-order valence-corrected chi connectivity index (χ4v) is 2.33. The summed E-state index contributed by atoms with van der Waals surface area (Å²) < 4.78 is 0. The maximum atomic E-state index is 5.81. The molecule has 4 heteroatoms. The summed E-state index contributed by atoms with van der Waals surface area (Å²) in [5.74, 6) is 1.57. The number of pyridine rings is 1. The number of rotatable bonds is 2. The maximum Gasteiger partial charge on any atom is 0.126 e. The van der Waals surface area contributed by atoms with E-state index in [0.29, 0.717) is 17.0 Å². The summed E-state index contributed by atoms with van der Waals surface area (Å²) in [7, 11) is 2.17. The third-order valence-corrected chi connectivity index (χ3v) is 3.39. The molecule has 0 amide bonds. The third-order valence-electron chi connectivity index (χ3n) is 3.17. The van der Waals surface area contributed by atoms with Crippen molar-refractivity contribution in [3.8, 4) is 0 Å². The Labute approximate surface area is 102 Å². The minimum absolute atomic E-state index is 0.518. The average molecular weight is 240 g/mol. The smallest absolute Gasteiger partial charge is 0.126 e. The zero-order valence-corrected chi connectivity index (χ0v) is 10.5. The normalized spacial score (nSPS) is 26.7. The molecule has 1 aromatic rings. The van der Waals surface area contributed by atoms with E-state index in [0.717, 1.165) is 18.9 Å². The van der Waals surface area contributed by atoms with Crippen LogP contribution in [-0.2, 0) is 0 Å². The van der Waals surface area contributed by atoms with Gasteiger partial charge in [-0.15, -0.1) is 0 Å². The van der Waals surface area contributed by atoms with Gasteiger partial charge in [-0.3, -0.25) is 0 Å². The largest absolute Gasteiger partial charge is 0.367 e. The average Bonchev–Trinajstić information content (AvgIpc) is 2.25. The summed E-state index contributed by atoms with van der Waals surface area (Å²) in [5, 5.41) is 4.16. The van der Waals surface area contributed by atoms with Crippen LogP contribution in [0.1, 0.15) is 13.3 Å². The van der Waals surface area contributed by atoms with Crippen molar-refractivity contribution in [1.29, 1.82) is 0 Å². The fraction of sp³-hybridized carbons (Fsp3) is 0.583. The van der Waals surface area contributed by atoms with Crippen molar-refractivity contribution in [2.45, 2.75) is 19.4 Å². The molecule has 0 radical (unpaired) electrons. The number of piperidine rings is 1. The van der Waals surface area contributed by atoms with Crippen molar-refractivity contribution in [2.75, 3.05) is 25.5 Å². The van der Waals surface area contributed by atoms with Gasteiger partial charge in [0.15, 0.2) is 0 Å². The van der Waals surface area contributed by atoms with E-state index >= 15 is 0 Å². The molecule has 88 valence electrons. The van der Waals surface area contributed by atoms with Crippen LogP contribution in [0.3, 0.4) is 0 Å². The lowest BCUT2D eigenvalue weighted by Crippen LogP contribution is -2.43. The van der Waals surface area contributed by atoms with Crippen molar-refractivity contribution in [2.24, 2.45) is 5.92 Å². The van der Waals surface area contributed by atoms with Gasteiger partial charge in [0.1, 0.15) is 5.82 Å². The Morgan fingerprint density at radius 1 is 1.50 bits per heavy atom. The Balaban J connectivity index is 1.96. The predicted octanol–water partition coefficient (Wildman–Crippen LogP) is 2.49. The number of aromatic nitrogens is 1. The Morgan fingerprint density at radius 3 is 2.94 bits per heavy atom. The summed E-state index contributed by atoms with van der Waals surface area (Å²) in [5.41, 5.74) is 0. The first kappa shape index (κ1) is 11.7. The van der Waals surface area contributed by atoms with Crippen molar-refractivity contribution in [1.82, 2.24) is 9.88 Å². The molecule has 3 nitrogen and oxygen atoms in total. The Hall–Kier alpha value is -0.800. The molecule has 1 fully saturated rings. The number of nitrogens with zero attached hydrogens (tertiary/aromatic N) is 2. The molecular weight excluding hydrogens is 222 g/mol. The minimum atomic E-state index is 0.518. The first-order chi connectivity index (χ1) is 7.65. The minimum Gasteiger partial charge on any atom is -0.367 e. The lowest BCUT2D eigenvalue weighted by Gasteiger charge is -2.35. The number of halogens is 1. The highest BCUT2D eigenvalue weighted by Gasteiger charge is 2.23. The number of likely N-dealkylation sites (tertiary alicyclic amines) is 1. The molecule has 1 aliphatic rings. The van der Waals surface area contributed by atoms with E-state index < -0.39 is 0 Å². The van der Waals surface area contributed by atoms with E-state index in [1.165, 1.54) is 6.42 Å². The summed E-state index contributed by atoms with van der Waals surface area (Å²) >= 11 is 5.81. The van der Waals surface area contributed by atoms with Crippen molar-refractivity contribution < 1.29 is 0 Å². The van der Waals surface area contributed by atoms with Crippen LogP contribution in [0.15, 0.2) is 18.3 Å². The zero-order chi connectivity index (χ0) is 11.5. The van der Waals surface area contributed by atoms with Gasteiger partial charge in [-0.1, -0.05) is 18.5 Å². The molecule has 1 aliphatic heterocycles. The summed E-state index contributed by atoms with van der Waals surface area (Å²) in [4.78, 5) is 6.64. The second-order valence-corrected chi connectivity index (χ2v) is 5.08. The van der Waals surface area contributed by atoms with Gasteiger partial charge in [-0.25, -0.2) is 4.98 Å². The first-order valence-electron chi connectivity index (χ1n) is 5.72. The van der Waals surface area contributed by atoms with Crippen molar-refractivity contribution in [3.05, 3.63) is 23.4 Å². The number of anilines is 1. The van der Waals surface area contributed by atoms with Crippen LogP contribution in [-0.4, -0.2) is 36.1 Å². The Bertz CT molecular complexity index is 339. The molecule has 0 aromatic carbocycles. The van der Waals surface area contributed by atoms with E-state index in [2.05, 4.69) is 29.2 Å². The monoisotopic (exact) mass is 239 g/mol. The van der Waals surface area contributed by atoms with Gasteiger partial charge < -0.3 is 10.2 Å². The Morgan fingerprint density at radius 2 is 2.31 bits per heavy atom. The molecule has 1 saturated heterocycles. The summed E-state index contributed by atoms with van der Waals surface area (Å²) in [6.45, 7) is 4.57. The molecule has 1 N–H and O–H groups in total. The highest BCUT2D eigenvalue weighted by Crippen LogP contribution is 2.20. The van der Waals surface area contributed by atoms with Crippen LogP contribution in [0.5, 0.6) is 0 Å². The van der Waals surface area contributed by atoms with E-state index in [4.69, 9.17) is 11.6 Å². The van der Waals surface area contributed by atoms with Gasteiger partial charge >= 0.3 is 0 Å². The van der Waals surface area contributed by atoms with E-state index in [-0.39, 0.29) is 0 Å². The van der Waals surface area contributed by atoms with Crippen LogP contribution in [0.25, 0.3) is 0 Å². The van der Waals surface area contributed by atoms with Crippen molar-refractivity contribution in [3.63, 3.8) is 0 Å². The SMILES string of the molecule is CC1CN(C)CCC1Nc1ccc(Cl)cn1. The third kappa shape index (κ3) is 2.86. The van der Waals surface area contributed by atoms with Crippen molar-refractivity contribution >= 4 is 17.4 Å². The maximum absolute atomic E-state index is 5.81. The predicted molar refractivity (Wildman–Crippen MR) is 67.9 cm³/mol. The van der Waals surface area contributed by atoms with Gasteiger partial charge in [0, 0.05) is 18.8 Å². The highest BCUT2D eigenvalue weighted by molar-refractivity contribution is 6.30. The van der Waals surface area contributed by atoms with Crippen LogP contribution in [0.2, 0.25) is 5.02 Å². The molecular formula is C12H18ClN3. The van der Waals surface area contributed by atoms with E-state index in [1.807, 2.05) is 12.1 Å². The van der Waals surface area contributed by atoms with Gasteiger partial charge in [0.05, 0.1) is 5.02 Å². The quantitative estimate of drug-likeness (QED) is 0.860. The molecule has 0 spiro atoms. The molecule has 16 heavy (non-hydrogen) atoms. The van der Waals surface area contributed by atoms with Crippen LogP contribution in [0, 0.1) is 5.92 Å². The number of hydrogen-bond donors (Lipinski definition) is 1. The molecule has 2 unspecified atom stereocenters. The number of hydrogen-bond acceptors (Lipinski definition) is 3. The van der Waals surface area contributed by atoms with Gasteiger partial charge in [0.25, 0.3) is 0 Å². The number of nitrogens with one attached hydrogen (secondary N) is 1. The van der Waals surface area contributed by atoms with Crippen LogP contribution >= 0.6 is 11.6 Å². The van der Waals surface area contributed by atoms with E-state index in [1.54, 1.807) is 6.20 Å². The molecule has 2 atom stereocenters. The van der Waals surface area contributed by atoms with Crippen LogP contribution in [0.4, 0.5) is 5.82 Å². The molecule has 2 heterocycles. The lowest BCUT2D eigenvalue weighted by atomic mass is 9.94.